The molecule has 112 valence electrons. The van der Waals surface area contributed by atoms with E-state index in [1.807, 2.05) is 0 Å². The number of aromatic amines is 1. The molecule has 0 radical (unpaired) electrons. The molecule has 1 atom stereocenters. The summed E-state index contributed by atoms with van der Waals surface area (Å²) < 4.78 is 0. The van der Waals surface area contributed by atoms with Crippen molar-refractivity contribution < 1.29 is 0 Å². The van der Waals surface area contributed by atoms with Crippen molar-refractivity contribution in [1.82, 2.24) is 9.97 Å². The molecule has 2 heterocycles. The Morgan fingerprint density at radius 2 is 2.32 bits per heavy atom. The second kappa shape index (κ2) is 5.64. The van der Waals surface area contributed by atoms with E-state index in [9.17, 15) is 10.1 Å². The van der Waals surface area contributed by atoms with Gasteiger partial charge in [0.2, 0.25) is 5.56 Å². The lowest BCUT2D eigenvalue weighted by Gasteiger charge is -2.26. The molecule has 1 aliphatic carbocycles. The minimum atomic E-state index is -0.162. The quantitative estimate of drug-likeness (QED) is 0.889. The second-order valence-electron chi connectivity index (χ2n) is 5.74. The van der Waals surface area contributed by atoms with Gasteiger partial charge in [0.15, 0.2) is 0 Å². The molecule has 0 saturated carbocycles. The number of fused-ring (bicyclic) bond motifs is 1. The molecule has 3 N–H and O–H groups in total. The Hall–Kier alpha value is -2.61. The summed E-state index contributed by atoms with van der Waals surface area (Å²) in [4.78, 5) is 18.4. The van der Waals surface area contributed by atoms with Crippen molar-refractivity contribution in [2.75, 3.05) is 5.73 Å². The maximum absolute atomic E-state index is 11.3. The van der Waals surface area contributed by atoms with Gasteiger partial charge in [-0.3, -0.25) is 4.79 Å². The molecule has 0 fully saturated rings. The van der Waals surface area contributed by atoms with Gasteiger partial charge in [0.25, 0.3) is 0 Å². The molecule has 0 spiro atoms. The van der Waals surface area contributed by atoms with Crippen molar-refractivity contribution in [3.63, 3.8) is 0 Å². The van der Waals surface area contributed by atoms with Gasteiger partial charge in [0, 0.05) is 23.5 Å². The number of aryl methyl sites for hydroxylation is 1. The van der Waals surface area contributed by atoms with Crippen LogP contribution < -0.4 is 11.3 Å². The first-order chi connectivity index (χ1) is 10.6. The van der Waals surface area contributed by atoms with Gasteiger partial charge in [-0.15, -0.1) is 0 Å². The highest BCUT2D eigenvalue weighted by Gasteiger charge is 2.25. The zero-order valence-corrected chi connectivity index (χ0v) is 12.5. The summed E-state index contributed by atoms with van der Waals surface area (Å²) in [6, 6.07) is 5.39. The van der Waals surface area contributed by atoms with Crippen LogP contribution in [0.3, 0.4) is 0 Å². The highest BCUT2D eigenvalue weighted by Crippen LogP contribution is 2.37. The van der Waals surface area contributed by atoms with E-state index in [0.29, 0.717) is 11.5 Å². The van der Waals surface area contributed by atoms with Crippen LogP contribution in [0.4, 0.5) is 5.82 Å². The smallest absolute Gasteiger partial charge is 0.247 e. The Kier molecular flexibility index (Phi) is 3.68. The van der Waals surface area contributed by atoms with Crippen molar-refractivity contribution >= 4 is 5.82 Å². The molecule has 0 saturated heterocycles. The van der Waals surface area contributed by atoms with Crippen molar-refractivity contribution in [1.29, 1.82) is 5.26 Å². The van der Waals surface area contributed by atoms with Gasteiger partial charge in [-0.2, -0.15) is 5.26 Å². The van der Waals surface area contributed by atoms with Gasteiger partial charge in [0.05, 0.1) is 0 Å². The summed E-state index contributed by atoms with van der Waals surface area (Å²) in [7, 11) is 0. The predicted octanol–water partition coefficient (Wildman–Crippen LogP) is 2.41. The van der Waals surface area contributed by atoms with E-state index in [1.165, 1.54) is 6.07 Å². The normalized spacial score (nSPS) is 16.8. The van der Waals surface area contributed by atoms with Crippen LogP contribution in [0.25, 0.3) is 11.1 Å². The highest BCUT2D eigenvalue weighted by atomic mass is 16.1. The van der Waals surface area contributed by atoms with Gasteiger partial charge < -0.3 is 10.7 Å². The molecule has 0 bridgehead atoms. The predicted molar refractivity (Wildman–Crippen MR) is 85.2 cm³/mol. The topological polar surface area (TPSA) is 95.6 Å². The first-order valence-corrected chi connectivity index (χ1v) is 7.54. The lowest BCUT2D eigenvalue weighted by Crippen LogP contribution is -2.18. The van der Waals surface area contributed by atoms with Gasteiger partial charge in [0.1, 0.15) is 17.5 Å². The molecule has 3 rings (SSSR count). The summed E-state index contributed by atoms with van der Waals surface area (Å²) in [5.74, 6) is 0.878. The summed E-state index contributed by atoms with van der Waals surface area (Å²) in [5, 5.41) is 9.50. The van der Waals surface area contributed by atoms with E-state index in [2.05, 4.69) is 23.0 Å². The van der Waals surface area contributed by atoms with E-state index in [4.69, 9.17) is 5.73 Å². The number of nitriles is 1. The first kappa shape index (κ1) is 14.3. The minimum Gasteiger partial charge on any atom is -0.383 e. The van der Waals surface area contributed by atoms with Gasteiger partial charge in [-0.1, -0.05) is 13.3 Å². The highest BCUT2D eigenvalue weighted by molar-refractivity contribution is 5.78. The van der Waals surface area contributed by atoms with Gasteiger partial charge in [-0.05, 0) is 42.4 Å². The summed E-state index contributed by atoms with van der Waals surface area (Å²) in [6.07, 6.45) is 5.65. The molecule has 2 aromatic heterocycles. The summed E-state index contributed by atoms with van der Waals surface area (Å²) in [5.41, 5.74) is 9.97. The average molecular weight is 294 g/mol. The first-order valence-electron chi connectivity index (χ1n) is 7.54. The Labute approximate surface area is 128 Å². The van der Waals surface area contributed by atoms with Crippen LogP contribution in [0.1, 0.15) is 36.6 Å². The van der Waals surface area contributed by atoms with Gasteiger partial charge >= 0.3 is 0 Å². The van der Waals surface area contributed by atoms with E-state index in [0.717, 1.165) is 48.1 Å². The Balaban J connectivity index is 2.26. The SMILES string of the molecule is CCC1CCc2nc(N)c(C#N)c(-c3ccc(=O)[nH]c3)c2C1. The van der Waals surface area contributed by atoms with Crippen molar-refractivity contribution in [2.24, 2.45) is 5.92 Å². The fraction of sp³-hybridized carbons (Fsp3) is 0.353. The number of rotatable bonds is 2. The number of hydrogen-bond acceptors (Lipinski definition) is 4. The molecule has 2 aromatic rings. The van der Waals surface area contributed by atoms with Gasteiger partial charge in [-0.25, -0.2) is 4.98 Å². The van der Waals surface area contributed by atoms with Crippen molar-refractivity contribution in [2.45, 2.75) is 32.6 Å². The van der Waals surface area contributed by atoms with Crippen LogP contribution >= 0.6 is 0 Å². The number of aromatic nitrogens is 2. The molecule has 1 aliphatic rings. The Morgan fingerprint density at radius 3 is 2.95 bits per heavy atom. The molecule has 1 unspecified atom stereocenters. The molecule has 22 heavy (non-hydrogen) atoms. The maximum atomic E-state index is 11.3. The zero-order valence-electron chi connectivity index (χ0n) is 12.5. The minimum absolute atomic E-state index is 0.162. The molecule has 0 aliphatic heterocycles. The molecular formula is C17H18N4O. The second-order valence-corrected chi connectivity index (χ2v) is 5.74. The fourth-order valence-electron chi connectivity index (χ4n) is 3.20. The molecule has 5 nitrogen and oxygen atoms in total. The van der Waals surface area contributed by atoms with Crippen LogP contribution in [-0.2, 0) is 12.8 Å². The number of pyridine rings is 2. The lowest BCUT2D eigenvalue weighted by atomic mass is 9.80. The third-order valence-corrected chi connectivity index (χ3v) is 4.46. The fourth-order valence-corrected chi connectivity index (χ4v) is 3.20. The van der Waals surface area contributed by atoms with Crippen LogP contribution in [-0.4, -0.2) is 9.97 Å². The van der Waals surface area contributed by atoms with Crippen molar-refractivity contribution in [3.8, 4) is 17.2 Å². The summed E-state index contributed by atoms with van der Waals surface area (Å²) in [6.45, 7) is 2.19. The summed E-state index contributed by atoms with van der Waals surface area (Å²) >= 11 is 0. The lowest BCUT2D eigenvalue weighted by molar-refractivity contribution is 0.440. The third kappa shape index (κ3) is 2.37. The zero-order chi connectivity index (χ0) is 15.7. The van der Waals surface area contributed by atoms with E-state index in [-0.39, 0.29) is 11.4 Å². The molecule has 0 aromatic carbocycles. The van der Waals surface area contributed by atoms with Crippen molar-refractivity contribution in [3.05, 3.63) is 45.5 Å². The standard InChI is InChI=1S/C17H18N4O/c1-2-10-3-5-14-12(7-10)16(13(8-18)17(19)21-14)11-4-6-15(22)20-9-11/h4,6,9-10H,2-3,5,7H2,1H3,(H2,19,21)(H,20,22). The molecule has 0 amide bonds. The monoisotopic (exact) mass is 294 g/mol. The van der Waals surface area contributed by atoms with Crippen LogP contribution in [0.5, 0.6) is 0 Å². The number of nitrogens with two attached hydrogens (primary N) is 1. The Morgan fingerprint density at radius 1 is 1.50 bits per heavy atom. The van der Waals surface area contributed by atoms with Crippen LogP contribution in [0.15, 0.2) is 23.1 Å². The van der Waals surface area contributed by atoms with E-state index >= 15 is 0 Å². The number of nitrogens with zero attached hydrogens (tertiary/aromatic N) is 2. The molecular weight excluding hydrogens is 276 g/mol. The number of hydrogen-bond donors (Lipinski definition) is 2. The Bertz CT molecular complexity index is 796. The van der Waals surface area contributed by atoms with Crippen LogP contribution in [0, 0.1) is 17.2 Å². The number of H-pyrrole nitrogens is 1. The average Bonchev–Trinajstić information content (AvgIpc) is 2.54. The maximum Gasteiger partial charge on any atom is 0.247 e. The third-order valence-electron chi connectivity index (χ3n) is 4.46. The molecule has 5 heteroatoms. The van der Waals surface area contributed by atoms with E-state index < -0.39 is 0 Å². The number of nitrogens with one attached hydrogen (secondary N) is 1. The largest absolute Gasteiger partial charge is 0.383 e. The van der Waals surface area contributed by atoms with Crippen LogP contribution in [0.2, 0.25) is 0 Å². The number of anilines is 1. The van der Waals surface area contributed by atoms with E-state index in [1.54, 1.807) is 12.3 Å². The number of nitrogen functional groups attached to an aromatic ring is 1.